The Morgan fingerprint density at radius 1 is 1.46 bits per heavy atom. The van der Waals surface area contributed by atoms with Crippen molar-refractivity contribution in [3.8, 4) is 0 Å². The van der Waals surface area contributed by atoms with Crippen LogP contribution >= 0.6 is 0 Å². The van der Waals surface area contributed by atoms with Gasteiger partial charge in [-0.25, -0.2) is 0 Å². The molecule has 4 N–H and O–H groups in total. The van der Waals surface area contributed by atoms with E-state index in [0.29, 0.717) is 0 Å². The molecule has 4 atom stereocenters. The lowest BCUT2D eigenvalue weighted by Gasteiger charge is -2.42. The second-order valence-corrected chi connectivity index (χ2v) is 2.99. The maximum absolute atomic E-state index is 9.44. The number of hydrogen-bond donors (Lipinski definition) is 4. The highest BCUT2D eigenvalue weighted by Gasteiger charge is 2.49. The zero-order valence-electron chi connectivity index (χ0n) is 7.25. The quantitative estimate of drug-likeness (QED) is 0.386. The maximum Gasteiger partial charge on any atom is 0.220 e. The smallest absolute Gasteiger partial charge is 0.220 e. The summed E-state index contributed by atoms with van der Waals surface area (Å²) in [5.41, 5.74) is 0. The number of ether oxygens (including phenoxy) is 2. The summed E-state index contributed by atoms with van der Waals surface area (Å²) >= 11 is 0. The third kappa shape index (κ3) is 1.69. The van der Waals surface area contributed by atoms with Gasteiger partial charge in [0.1, 0.15) is 24.9 Å². The highest BCUT2D eigenvalue weighted by molar-refractivity contribution is 4.92. The van der Waals surface area contributed by atoms with Gasteiger partial charge in [0.2, 0.25) is 5.79 Å². The van der Waals surface area contributed by atoms with Gasteiger partial charge in [0.15, 0.2) is 0 Å². The summed E-state index contributed by atoms with van der Waals surface area (Å²) in [4.78, 5) is 0. The lowest BCUT2D eigenvalue weighted by Crippen LogP contribution is -2.63. The van der Waals surface area contributed by atoms with Crippen LogP contribution in [-0.2, 0) is 9.47 Å². The van der Waals surface area contributed by atoms with Crippen molar-refractivity contribution in [2.24, 2.45) is 0 Å². The molecule has 0 aromatic carbocycles. The Kier molecular flexibility index (Phi) is 3.23. The van der Waals surface area contributed by atoms with Gasteiger partial charge in [-0.3, -0.25) is 0 Å². The summed E-state index contributed by atoms with van der Waals surface area (Å²) in [6, 6.07) is 0. The molecule has 1 heterocycles. The van der Waals surface area contributed by atoms with E-state index < -0.39 is 30.7 Å². The number of rotatable bonds is 2. The molecule has 1 aliphatic rings. The molecule has 0 aromatic heterocycles. The molecule has 13 heavy (non-hydrogen) atoms. The minimum absolute atomic E-state index is 0.188. The highest BCUT2D eigenvalue weighted by Crippen LogP contribution is 2.26. The van der Waals surface area contributed by atoms with E-state index in [4.69, 9.17) is 19.7 Å². The molecule has 0 amide bonds. The van der Waals surface area contributed by atoms with Gasteiger partial charge < -0.3 is 29.9 Å². The number of methoxy groups -OCH3 is 1. The van der Waals surface area contributed by atoms with Crippen LogP contribution in [0.25, 0.3) is 0 Å². The molecule has 0 saturated carbocycles. The molecule has 0 radical (unpaired) electrons. The first-order valence-corrected chi connectivity index (χ1v) is 3.91. The van der Waals surface area contributed by atoms with E-state index in [9.17, 15) is 10.2 Å². The van der Waals surface area contributed by atoms with Gasteiger partial charge in [0.25, 0.3) is 0 Å². The first kappa shape index (κ1) is 10.8. The molecule has 1 fully saturated rings. The van der Waals surface area contributed by atoms with Gasteiger partial charge in [0, 0.05) is 7.11 Å². The van der Waals surface area contributed by atoms with Crippen LogP contribution in [0.15, 0.2) is 0 Å². The van der Waals surface area contributed by atoms with Gasteiger partial charge in [-0.05, 0) is 0 Å². The monoisotopic (exact) mass is 194 g/mol. The minimum Gasteiger partial charge on any atom is -0.391 e. The van der Waals surface area contributed by atoms with E-state index in [-0.39, 0.29) is 6.61 Å². The molecule has 0 aliphatic carbocycles. The molecule has 1 rings (SSSR count). The molecular formula is C7H14O6. The SMILES string of the molecule is CO[C@]1(CO)OC[C@@H](O)[C@H](O)[C@@H]1O. The van der Waals surface area contributed by atoms with Gasteiger partial charge in [0.05, 0.1) is 6.61 Å². The third-order valence-corrected chi connectivity index (χ3v) is 2.23. The summed E-state index contributed by atoms with van der Waals surface area (Å²) in [6.45, 7) is -0.777. The molecule has 0 spiro atoms. The van der Waals surface area contributed by atoms with Crippen LogP contribution in [-0.4, -0.2) is 64.8 Å². The molecular weight excluding hydrogens is 180 g/mol. The third-order valence-electron chi connectivity index (χ3n) is 2.23. The van der Waals surface area contributed by atoms with Crippen molar-refractivity contribution in [1.29, 1.82) is 0 Å². The van der Waals surface area contributed by atoms with Crippen LogP contribution in [0.2, 0.25) is 0 Å². The summed E-state index contributed by atoms with van der Waals surface area (Å²) in [5.74, 6) is -1.63. The Hall–Kier alpha value is -0.240. The van der Waals surface area contributed by atoms with Gasteiger partial charge in [-0.15, -0.1) is 0 Å². The van der Waals surface area contributed by atoms with Gasteiger partial charge >= 0.3 is 0 Å². The van der Waals surface area contributed by atoms with E-state index in [1.165, 1.54) is 7.11 Å². The van der Waals surface area contributed by atoms with E-state index in [1.807, 2.05) is 0 Å². The predicted molar refractivity (Wildman–Crippen MR) is 40.8 cm³/mol. The molecule has 0 aromatic rings. The van der Waals surface area contributed by atoms with Crippen molar-refractivity contribution in [2.75, 3.05) is 20.3 Å². The second kappa shape index (κ2) is 3.87. The van der Waals surface area contributed by atoms with Gasteiger partial charge in [-0.1, -0.05) is 0 Å². The van der Waals surface area contributed by atoms with E-state index in [0.717, 1.165) is 0 Å². The first-order valence-electron chi connectivity index (χ1n) is 3.91. The maximum atomic E-state index is 9.44. The second-order valence-electron chi connectivity index (χ2n) is 2.99. The fourth-order valence-corrected chi connectivity index (χ4v) is 1.26. The van der Waals surface area contributed by atoms with Crippen molar-refractivity contribution in [2.45, 2.75) is 24.1 Å². The van der Waals surface area contributed by atoms with Crippen LogP contribution < -0.4 is 0 Å². The largest absolute Gasteiger partial charge is 0.391 e. The minimum atomic E-state index is -1.63. The van der Waals surface area contributed by atoms with Crippen LogP contribution in [0.1, 0.15) is 0 Å². The van der Waals surface area contributed by atoms with Crippen LogP contribution in [0.4, 0.5) is 0 Å². The topological polar surface area (TPSA) is 99.4 Å². The summed E-state index contributed by atoms with van der Waals surface area (Å²) in [6.07, 6.45) is -4.00. The molecule has 6 nitrogen and oxygen atoms in total. The standard InChI is InChI=1S/C7H14O6/c1-12-7(3-8)6(11)5(10)4(9)2-13-7/h4-6,8-11H,2-3H2,1H3/t4-,5+,6+,7-/m1/s1. The van der Waals surface area contributed by atoms with Gasteiger partial charge in [-0.2, -0.15) is 0 Å². The number of aliphatic hydroxyl groups is 4. The molecule has 0 bridgehead atoms. The van der Waals surface area contributed by atoms with Crippen LogP contribution in [0.5, 0.6) is 0 Å². The number of hydrogen-bond acceptors (Lipinski definition) is 6. The number of aliphatic hydroxyl groups excluding tert-OH is 4. The van der Waals surface area contributed by atoms with Crippen molar-refractivity contribution in [1.82, 2.24) is 0 Å². The van der Waals surface area contributed by atoms with Crippen LogP contribution in [0, 0.1) is 0 Å². The van der Waals surface area contributed by atoms with Crippen LogP contribution in [0.3, 0.4) is 0 Å². The fraction of sp³-hybridized carbons (Fsp3) is 1.00. The molecule has 1 saturated heterocycles. The predicted octanol–water partition coefficient (Wildman–Crippen LogP) is -2.57. The van der Waals surface area contributed by atoms with E-state index >= 15 is 0 Å². The Bertz CT molecular complexity index is 168. The Labute approximate surface area is 75.3 Å². The summed E-state index contributed by atoms with van der Waals surface area (Å²) in [7, 11) is 1.24. The Morgan fingerprint density at radius 3 is 2.54 bits per heavy atom. The highest BCUT2D eigenvalue weighted by atomic mass is 16.7. The lowest BCUT2D eigenvalue weighted by molar-refractivity contribution is -0.340. The molecule has 1 aliphatic heterocycles. The normalized spacial score (nSPS) is 46.4. The van der Waals surface area contributed by atoms with Crippen molar-refractivity contribution in [3.63, 3.8) is 0 Å². The molecule has 78 valence electrons. The summed E-state index contributed by atoms with van der Waals surface area (Å²) in [5, 5.41) is 36.7. The van der Waals surface area contributed by atoms with Crippen molar-refractivity contribution in [3.05, 3.63) is 0 Å². The van der Waals surface area contributed by atoms with Crippen molar-refractivity contribution < 1.29 is 29.9 Å². The van der Waals surface area contributed by atoms with Crippen molar-refractivity contribution >= 4 is 0 Å². The Morgan fingerprint density at radius 2 is 2.08 bits per heavy atom. The van der Waals surface area contributed by atoms with E-state index in [2.05, 4.69) is 0 Å². The lowest BCUT2D eigenvalue weighted by atomic mass is 9.97. The average molecular weight is 194 g/mol. The molecule has 0 unspecified atom stereocenters. The average Bonchev–Trinajstić information content (AvgIpc) is 2.16. The zero-order chi connectivity index (χ0) is 10.1. The van der Waals surface area contributed by atoms with E-state index in [1.54, 1.807) is 0 Å². The fourth-order valence-electron chi connectivity index (χ4n) is 1.26. The molecule has 6 heteroatoms. The Balaban J connectivity index is 2.77. The first-order chi connectivity index (χ1) is 6.07. The zero-order valence-corrected chi connectivity index (χ0v) is 7.25. The summed E-state index contributed by atoms with van der Waals surface area (Å²) < 4.78 is 9.69.